The Morgan fingerprint density at radius 2 is 1.68 bits per heavy atom. The number of hydrogen-bond donors (Lipinski definition) is 0. The van der Waals surface area contributed by atoms with Crippen LogP contribution in [0, 0.1) is 13.8 Å². The van der Waals surface area contributed by atoms with Crippen LogP contribution < -0.4 is 5.46 Å². The number of ether oxygens (including phenoxy) is 1. The van der Waals surface area contributed by atoms with Gasteiger partial charge in [-0.25, -0.2) is 4.79 Å². The van der Waals surface area contributed by atoms with Crippen molar-refractivity contribution in [3.63, 3.8) is 0 Å². The van der Waals surface area contributed by atoms with Crippen molar-refractivity contribution < 1.29 is 18.8 Å². The van der Waals surface area contributed by atoms with E-state index in [1.807, 2.05) is 61.5 Å². The third-order valence-electron chi connectivity index (χ3n) is 7.04. The van der Waals surface area contributed by atoms with Crippen molar-refractivity contribution in [3.05, 3.63) is 33.2 Å². The van der Waals surface area contributed by atoms with Crippen LogP contribution in [0.1, 0.15) is 65.2 Å². The molecular weight excluding hydrogens is 433 g/mol. The lowest BCUT2D eigenvalue weighted by molar-refractivity contribution is 0.00578. The summed E-state index contributed by atoms with van der Waals surface area (Å²) >= 11 is 0. The maximum Gasteiger partial charge on any atom is 0.495 e. The normalized spacial score (nSPS) is 20.3. The minimum Gasteiger partial charge on any atom is -0.444 e. The molecule has 2 saturated heterocycles. The Morgan fingerprint density at radius 1 is 1.12 bits per heavy atom. The number of benzene rings is 1. The third-order valence-corrected chi connectivity index (χ3v) is 7.04. The van der Waals surface area contributed by atoms with E-state index in [-0.39, 0.29) is 6.09 Å². The van der Waals surface area contributed by atoms with Gasteiger partial charge in [-0.05, 0) is 96.1 Å². The zero-order valence-electron chi connectivity index (χ0n) is 22.1. The Hall–Kier alpha value is -2.26. The first kappa shape index (κ1) is 26.4. The van der Waals surface area contributed by atoms with E-state index in [1.54, 1.807) is 4.90 Å². The van der Waals surface area contributed by atoms with Gasteiger partial charge in [-0.3, -0.25) is 4.90 Å². The van der Waals surface area contributed by atoms with Crippen molar-refractivity contribution >= 4 is 24.4 Å². The lowest BCUT2D eigenvalue weighted by Gasteiger charge is -2.36. The van der Waals surface area contributed by atoms with E-state index in [0.717, 1.165) is 35.2 Å². The largest absolute Gasteiger partial charge is 0.495 e. The zero-order chi connectivity index (χ0) is 25.5. The summed E-state index contributed by atoms with van der Waals surface area (Å²) < 4.78 is 18.2. The van der Waals surface area contributed by atoms with Gasteiger partial charge in [0.05, 0.1) is 11.2 Å². The van der Waals surface area contributed by atoms with Crippen LogP contribution in [0.15, 0.2) is 11.2 Å². The summed E-state index contributed by atoms with van der Waals surface area (Å²) in [6, 6.07) is 1.96. The van der Waals surface area contributed by atoms with Crippen molar-refractivity contribution in [2.75, 3.05) is 26.2 Å². The van der Waals surface area contributed by atoms with Crippen LogP contribution in [-0.2, 0) is 20.6 Å². The highest BCUT2D eigenvalue weighted by molar-refractivity contribution is 6.63. The molecule has 0 spiro atoms. The fourth-order valence-corrected chi connectivity index (χ4v) is 4.26. The molecule has 0 unspecified atom stereocenters. The number of hydrogen-bond acceptors (Lipinski definition) is 6. The molecule has 10 heteroatoms. The fourth-order valence-electron chi connectivity index (χ4n) is 4.26. The van der Waals surface area contributed by atoms with Crippen LogP contribution in [0.4, 0.5) is 10.5 Å². The number of rotatable bonds is 4. The smallest absolute Gasteiger partial charge is 0.444 e. The molecule has 2 aliphatic rings. The van der Waals surface area contributed by atoms with Crippen LogP contribution >= 0.6 is 0 Å². The molecule has 1 aromatic rings. The average Bonchev–Trinajstić information content (AvgIpc) is 2.92. The molecule has 0 saturated carbocycles. The number of amides is 1. The van der Waals surface area contributed by atoms with E-state index in [2.05, 4.69) is 21.8 Å². The molecule has 0 aliphatic carbocycles. The second kappa shape index (κ2) is 9.42. The fraction of sp³-hybridized carbons (Fsp3) is 0.708. The Kier molecular flexibility index (Phi) is 7.30. The van der Waals surface area contributed by atoms with Crippen LogP contribution in [0.3, 0.4) is 0 Å². The lowest BCUT2D eigenvalue weighted by Crippen LogP contribution is -2.49. The quantitative estimate of drug-likeness (QED) is 0.277. The number of nitrogens with zero attached hydrogens (tertiary/aromatic N) is 5. The number of azide groups is 1. The summed E-state index contributed by atoms with van der Waals surface area (Å²) in [5.74, 6) is 0. The van der Waals surface area contributed by atoms with Gasteiger partial charge in [-0.1, -0.05) is 5.11 Å². The van der Waals surface area contributed by atoms with Crippen molar-refractivity contribution in [1.82, 2.24) is 9.80 Å². The molecule has 1 aromatic carbocycles. The van der Waals surface area contributed by atoms with Gasteiger partial charge in [0.2, 0.25) is 0 Å². The summed E-state index contributed by atoms with van der Waals surface area (Å²) in [6.07, 6.45) is -0.271. The molecule has 186 valence electrons. The standard InChI is InChI=1S/C24H38BN5O4/c1-16-18(15-29-10-12-30(13-11-29)21(31)32-22(3,4)5)14-19(27-28-26)17(2)20(16)25-33-23(6,7)24(8,9)34-25/h14H,10-13,15H2,1-9H3. The van der Waals surface area contributed by atoms with E-state index in [9.17, 15) is 4.79 Å². The number of carbonyl (C=O) groups is 1. The molecular formula is C24H38BN5O4. The highest BCUT2D eigenvalue weighted by Crippen LogP contribution is 2.38. The van der Waals surface area contributed by atoms with E-state index in [1.165, 1.54) is 0 Å². The third kappa shape index (κ3) is 5.52. The Balaban J connectivity index is 1.82. The molecule has 0 bridgehead atoms. The first-order valence-electron chi connectivity index (χ1n) is 11.9. The Bertz CT molecular complexity index is 974. The van der Waals surface area contributed by atoms with Gasteiger partial charge >= 0.3 is 13.2 Å². The monoisotopic (exact) mass is 471 g/mol. The topological polar surface area (TPSA) is 100 Å². The van der Waals surface area contributed by atoms with Crippen LogP contribution in [0.2, 0.25) is 0 Å². The Morgan fingerprint density at radius 3 is 2.18 bits per heavy atom. The van der Waals surface area contributed by atoms with E-state index >= 15 is 0 Å². The summed E-state index contributed by atoms with van der Waals surface area (Å²) in [4.78, 5) is 19.5. The van der Waals surface area contributed by atoms with Crippen molar-refractivity contribution in [2.45, 2.75) is 85.7 Å². The highest BCUT2D eigenvalue weighted by atomic mass is 16.7. The molecule has 34 heavy (non-hydrogen) atoms. The van der Waals surface area contributed by atoms with Crippen LogP contribution in [-0.4, -0.2) is 66.0 Å². The van der Waals surface area contributed by atoms with Crippen molar-refractivity contribution in [1.29, 1.82) is 0 Å². The molecule has 0 radical (unpaired) electrons. The van der Waals surface area contributed by atoms with Gasteiger partial charge < -0.3 is 18.9 Å². The maximum absolute atomic E-state index is 12.4. The number of piperazine rings is 1. The molecule has 9 nitrogen and oxygen atoms in total. The molecule has 1 amide bonds. The summed E-state index contributed by atoms with van der Waals surface area (Å²) in [6.45, 7) is 21.1. The summed E-state index contributed by atoms with van der Waals surface area (Å²) in [5, 5.41) is 3.96. The molecule has 2 heterocycles. The Labute approximate surface area is 203 Å². The SMILES string of the molecule is Cc1c(CN2CCN(C(=O)OC(C)(C)C)CC2)cc(N=[N+]=[N-])c(C)c1B1OC(C)(C)C(C)(C)O1. The van der Waals surface area contributed by atoms with Gasteiger partial charge in [0.15, 0.2) is 0 Å². The molecule has 0 atom stereocenters. The molecule has 0 N–H and O–H groups in total. The second-order valence-electron chi connectivity index (χ2n) is 11.2. The van der Waals surface area contributed by atoms with Gasteiger partial charge in [-0.15, -0.1) is 0 Å². The molecule has 2 fully saturated rings. The first-order valence-corrected chi connectivity index (χ1v) is 11.9. The van der Waals surface area contributed by atoms with E-state index < -0.39 is 23.9 Å². The molecule has 0 aromatic heterocycles. The molecule has 3 rings (SSSR count). The van der Waals surface area contributed by atoms with Crippen LogP contribution in [0.25, 0.3) is 10.4 Å². The van der Waals surface area contributed by atoms with Gasteiger partial charge in [-0.2, -0.15) is 0 Å². The average molecular weight is 471 g/mol. The summed E-state index contributed by atoms with van der Waals surface area (Å²) in [5.41, 5.74) is 12.2. The second-order valence-corrected chi connectivity index (χ2v) is 11.2. The molecule has 2 aliphatic heterocycles. The lowest BCUT2D eigenvalue weighted by atomic mass is 9.71. The first-order chi connectivity index (χ1) is 15.6. The zero-order valence-corrected chi connectivity index (χ0v) is 22.1. The highest BCUT2D eigenvalue weighted by Gasteiger charge is 2.52. The minimum atomic E-state index is -0.540. The number of carbonyl (C=O) groups excluding carboxylic acids is 1. The minimum absolute atomic E-state index is 0.271. The van der Waals surface area contributed by atoms with Gasteiger partial charge in [0.1, 0.15) is 5.60 Å². The van der Waals surface area contributed by atoms with Gasteiger partial charge in [0.25, 0.3) is 0 Å². The van der Waals surface area contributed by atoms with Gasteiger partial charge in [0, 0.05) is 43.3 Å². The predicted molar refractivity (Wildman–Crippen MR) is 134 cm³/mol. The van der Waals surface area contributed by atoms with Crippen LogP contribution in [0.5, 0.6) is 0 Å². The predicted octanol–water partition coefficient (Wildman–Crippen LogP) is 4.60. The maximum atomic E-state index is 12.4. The van der Waals surface area contributed by atoms with Crippen molar-refractivity contribution in [2.24, 2.45) is 5.11 Å². The van der Waals surface area contributed by atoms with Crippen molar-refractivity contribution in [3.8, 4) is 0 Å². The summed E-state index contributed by atoms with van der Waals surface area (Å²) in [7, 11) is -0.540. The van der Waals surface area contributed by atoms with E-state index in [0.29, 0.717) is 25.3 Å². The van der Waals surface area contributed by atoms with E-state index in [4.69, 9.17) is 19.6 Å².